The molecule has 3 aromatic rings. The van der Waals surface area contributed by atoms with Gasteiger partial charge in [-0.1, -0.05) is 12.1 Å². The van der Waals surface area contributed by atoms with E-state index in [0.29, 0.717) is 37.5 Å². The molecule has 0 spiro atoms. The van der Waals surface area contributed by atoms with Gasteiger partial charge in [0.2, 0.25) is 11.8 Å². The first kappa shape index (κ1) is 17.8. The molecule has 0 saturated heterocycles. The predicted octanol–water partition coefficient (Wildman–Crippen LogP) is 2.20. The molecule has 2 aromatic heterocycles. The Labute approximate surface area is 152 Å². The minimum absolute atomic E-state index is 0.0171. The molecule has 1 amide bonds. The van der Waals surface area contributed by atoms with Gasteiger partial charge in [-0.15, -0.1) is 0 Å². The van der Waals surface area contributed by atoms with Gasteiger partial charge in [0.25, 0.3) is 0 Å². The van der Waals surface area contributed by atoms with E-state index in [2.05, 4.69) is 20.3 Å². The Morgan fingerprint density at radius 1 is 1.19 bits per heavy atom. The Morgan fingerprint density at radius 2 is 1.92 bits per heavy atom. The average molecular weight is 353 g/mol. The fourth-order valence-electron chi connectivity index (χ4n) is 2.75. The smallest absolute Gasteiger partial charge is 0.235 e. The Balaban J connectivity index is 1.55. The van der Waals surface area contributed by atoms with Gasteiger partial charge in [-0.3, -0.25) is 4.79 Å². The van der Waals surface area contributed by atoms with Crippen molar-refractivity contribution in [3.8, 4) is 5.88 Å². The summed E-state index contributed by atoms with van der Waals surface area (Å²) >= 11 is 0. The fraction of sp³-hybridized carbons (Fsp3) is 0.368. The highest BCUT2D eigenvalue weighted by Gasteiger charge is 2.11. The lowest BCUT2D eigenvalue weighted by Gasteiger charge is -2.10. The van der Waals surface area contributed by atoms with Crippen LogP contribution in [0.15, 0.2) is 30.6 Å². The lowest BCUT2D eigenvalue weighted by molar-refractivity contribution is -0.121. The van der Waals surface area contributed by atoms with E-state index in [-0.39, 0.29) is 5.91 Å². The van der Waals surface area contributed by atoms with Crippen LogP contribution in [0.4, 0.5) is 0 Å². The number of hydrogen-bond donors (Lipinski definition) is 1. The van der Waals surface area contributed by atoms with Crippen LogP contribution in [0, 0.1) is 13.8 Å². The van der Waals surface area contributed by atoms with Gasteiger partial charge in [0.15, 0.2) is 0 Å². The third-order valence-corrected chi connectivity index (χ3v) is 4.41. The molecule has 7 heteroatoms. The molecule has 0 radical (unpaired) electrons. The van der Waals surface area contributed by atoms with Gasteiger partial charge >= 0.3 is 0 Å². The second-order valence-electron chi connectivity index (χ2n) is 6.13. The molecular weight excluding hydrogens is 330 g/mol. The van der Waals surface area contributed by atoms with Crippen molar-refractivity contribution in [1.29, 1.82) is 0 Å². The molecular formula is C19H23N5O2. The van der Waals surface area contributed by atoms with Gasteiger partial charge < -0.3 is 14.6 Å². The van der Waals surface area contributed by atoms with Crippen molar-refractivity contribution in [2.45, 2.75) is 33.2 Å². The van der Waals surface area contributed by atoms with Crippen LogP contribution in [0.2, 0.25) is 0 Å². The molecule has 0 aliphatic rings. The number of amides is 1. The maximum absolute atomic E-state index is 12.1. The molecule has 1 aromatic carbocycles. The lowest BCUT2D eigenvalue weighted by Crippen LogP contribution is -2.27. The molecule has 0 atom stereocenters. The van der Waals surface area contributed by atoms with Gasteiger partial charge in [-0.05, 0) is 26.0 Å². The Kier molecular flexibility index (Phi) is 5.46. The van der Waals surface area contributed by atoms with Crippen LogP contribution in [-0.4, -0.2) is 39.1 Å². The summed E-state index contributed by atoms with van der Waals surface area (Å²) < 4.78 is 7.36. The highest BCUT2D eigenvalue weighted by Crippen LogP contribution is 2.19. The number of hydrogen-bond acceptors (Lipinski definition) is 5. The number of para-hydroxylation sites is 2. The number of nitrogens with one attached hydrogen (secondary N) is 1. The van der Waals surface area contributed by atoms with E-state index in [1.54, 1.807) is 13.4 Å². The van der Waals surface area contributed by atoms with E-state index in [1.165, 1.54) is 0 Å². The zero-order valence-electron chi connectivity index (χ0n) is 15.3. The number of methoxy groups -OCH3 is 1. The molecule has 0 bridgehead atoms. The molecule has 2 heterocycles. The van der Waals surface area contributed by atoms with E-state index < -0.39 is 0 Å². The number of rotatable bonds is 7. The number of aromatic nitrogens is 4. The van der Waals surface area contributed by atoms with Crippen LogP contribution in [0.5, 0.6) is 5.88 Å². The summed E-state index contributed by atoms with van der Waals surface area (Å²) in [4.78, 5) is 25.4. The van der Waals surface area contributed by atoms with Crippen molar-refractivity contribution in [3.05, 3.63) is 47.7 Å². The van der Waals surface area contributed by atoms with E-state index in [0.717, 1.165) is 22.4 Å². The van der Waals surface area contributed by atoms with Crippen LogP contribution in [0.3, 0.4) is 0 Å². The van der Waals surface area contributed by atoms with Gasteiger partial charge in [0.1, 0.15) is 5.69 Å². The number of carbonyl (C=O) groups is 1. The van der Waals surface area contributed by atoms with Gasteiger partial charge in [0, 0.05) is 31.6 Å². The Morgan fingerprint density at radius 3 is 2.58 bits per heavy atom. The van der Waals surface area contributed by atoms with Crippen LogP contribution in [-0.2, 0) is 17.8 Å². The normalized spacial score (nSPS) is 10.9. The number of aryl methyl sites for hydroxylation is 2. The van der Waals surface area contributed by atoms with Gasteiger partial charge in [0.05, 0.1) is 30.2 Å². The zero-order chi connectivity index (χ0) is 18.5. The van der Waals surface area contributed by atoms with Crippen LogP contribution >= 0.6 is 0 Å². The average Bonchev–Trinajstić information content (AvgIpc) is 2.97. The van der Waals surface area contributed by atoms with Crippen molar-refractivity contribution in [2.75, 3.05) is 13.7 Å². The Hall–Kier alpha value is -2.96. The molecule has 0 aliphatic heterocycles. The van der Waals surface area contributed by atoms with Crippen molar-refractivity contribution in [3.63, 3.8) is 0 Å². The number of imidazole rings is 1. The summed E-state index contributed by atoms with van der Waals surface area (Å²) in [7, 11) is 1.57. The summed E-state index contributed by atoms with van der Waals surface area (Å²) in [6, 6.07) is 7.62. The molecule has 0 unspecified atom stereocenters. The molecule has 0 fully saturated rings. The van der Waals surface area contributed by atoms with Crippen LogP contribution in [0.25, 0.3) is 11.0 Å². The summed E-state index contributed by atoms with van der Waals surface area (Å²) in [5.74, 6) is 0.456. The molecule has 7 nitrogen and oxygen atoms in total. The largest absolute Gasteiger partial charge is 0.480 e. The van der Waals surface area contributed by atoms with Gasteiger partial charge in [-0.25, -0.2) is 15.0 Å². The molecule has 1 N–H and O–H groups in total. The summed E-state index contributed by atoms with van der Waals surface area (Å²) in [6.45, 7) is 5.27. The fourth-order valence-corrected chi connectivity index (χ4v) is 2.75. The number of ether oxygens (including phenoxy) is 1. The molecule has 26 heavy (non-hydrogen) atoms. The number of fused-ring (bicyclic) bond motifs is 1. The van der Waals surface area contributed by atoms with E-state index >= 15 is 0 Å². The molecule has 136 valence electrons. The highest BCUT2D eigenvalue weighted by molar-refractivity contribution is 5.77. The minimum Gasteiger partial charge on any atom is -0.480 e. The third kappa shape index (κ3) is 3.99. The number of benzene rings is 1. The predicted molar refractivity (Wildman–Crippen MR) is 99.1 cm³/mol. The highest BCUT2D eigenvalue weighted by atomic mass is 16.5. The van der Waals surface area contributed by atoms with Crippen molar-refractivity contribution in [2.24, 2.45) is 0 Å². The minimum atomic E-state index is -0.0171. The standard InChI is InChI=1S/C19H23N5O2/c1-13-14(2)24(12-21-13)11-10-20-18(25)9-8-17-19(26-3)23-16-7-5-4-6-15(16)22-17/h4-7,12H,8-11H2,1-3H3,(H,20,25). The summed E-state index contributed by atoms with van der Waals surface area (Å²) in [5, 5.41) is 2.94. The van der Waals surface area contributed by atoms with Crippen molar-refractivity contribution in [1.82, 2.24) is 24.8 Å². The van der Waals surface area contributed by atoms with Crippen molar-refractivity contribution >= 4 is 16.9 Å². The lowest BCUT2D eigenvalue weighted by atomic mass is 10.2. The second kappa shape index (κ2) is 7.95. The number of nitrogens with zero attached hydrogens (tertiary/aromatic N) is 4. The first-order valence-electron chi connectivity index (χ1n) is 8.63. The SMILES string of the molecule is COc1nc2ccccc2nc1CCC(=O)NCCn1cnc(C)c1C. The molecule has 0 aliphatic carbocycles. The van der Waals surface area contributed by atoms with Crippen LogP contribution in [0.1, 0.15) is 23.5 Å². The quantitative estimate of drug-likeness (QED) is 0.704. The first-order valence-corrected chi connectivity index (χ1v) is 8.63. The molecule has 0 saturated carbocycles. The second-order valence-corrected chi connectivity index (χ2v) is 6.13. The monoisotopic (exact) mass is 353 g/mol. The summed E-state index contributed by atoms with van der Waals surface area (Å²) in [5.41, 5.74) is 4.41. The van der Waals surface area contributed by atoms with Crippen molar-refractivity contribution < 1.29 is 9.53 Å². The van der Waals surface area contributed by atoms with E-state index in [1.807, 2.05) is 42.7 Å². The Bertz CT molecular complexity index is 919. The van der Waals surface area contributed by atoms with E-state index in [4.69, 9.17) is 4.74 Å². The summed E-state index contributed by atoms with van der Waals surface area (Å²) in [6.07, 6.45) is 2.62. The van der Waals surface area contributed by atoms with Gasteiger partial charge in [-0.2, -0.15) is 0 Å². The van der Waals surface area contributed by atoms with Crippen LogP contribution < -0.4 is 10.1 Å². The first-order chi connectivity index (χ1) is 12.6. The topological polar surface area (TPSA) is 81.9 Å². The maximum Gasteiger partial charge on any atom is 0.235 e. The van der Waals surface area contributed by atoms with E-state index in [9.17, 15) is 4.79 Å². The maximum atomic E-state index is 12.1. The third-order valence-electron chi connectivity index (χ3n) is 4.41. The number of carbonyl (C=O) groups excluding carboxylic acids is 1. The zero-order valence-corrected chi connectivity index (χ0v) is 15.3. The molecule has 3 rings (SSSR count).